The maximum Gasteiger partial charge on any atom is 0.181 e. The first-order valence-corrected chi connectivity index (χ1v) is 9.73. The smallest absolute Gasteiger partial charge is 0.181 e. The second kappa shape index (κ2) is 11.7. The third-order valence-corrected chi connectivity index (χ3v) is 6.76. The molecule has 6 nitrogen and oxygen atoms in total. The highest BCUT2D eigenvalue weighted by atomic mass is 31.1. The Labute approximate surface area is 135 Å². The molecule has 0 heterocycles. The zero-order valence-corrected chi connectivity index (χ0v) is 15.2. The van der Waals surface area contributed by atoms with Gasteiger partial charge in [0.25, 0.3) is 0 Å². The van der Waals surface area contributed by atoms with E-state index in [0.29, 0.717) is 12.8 Å². The van der Waals surface area contributed by atoms with E-state index in [4.69, 9.17) is 9.47 Å². The van der Waals surface area contributed by atoms with Gasteiger partial charge in [-0.15, -0.1) is 0 Å². The lowest BCUT2D eigenvalue weighted by Crippen LogP contribution is -2.35. The van der Waals surface area contributed by atoms with Crippen molar-refractivity contribution in [3.8, 4) is 0 Å². The van der Waals surface area contributed by atoms with Gasteiger partial charge in [-0.2, -0.15) is 0 Å². The van der Waals surface area contributed by atoms with Crippen LogP contribution in [-0.4, -0.2) is 63.1 Å². The largest absolute Gasteiger partial charge is 0.388 e. The lowest BCUT2D eigenvalue weighted by molar-refractivity contribution is -0.174. The predicted molar refractivity (Wildman–Crippen MR) is 87.8 cm³/mol. The van der Waals surface area contributed by atoms with Crippen LogP contribution in [0, 0.1) is 0 Å². The molecule has 0 aromatic carbocycles. The summed E-state index contributed by atoms with van der Waals surface area (Å²) in [7, 11) is -0.789. The molecule has 0 spiro atoms. The van der Waals surface area contributed by atoms with Crippen LogP contribution >= 0.6 is 7.92 Å². The van der Waals surface area contributed by atoms with Crippen LogP contribution < -0.4 is 0 Å². The third kappa shape index (κ3) is 7.64. The van der Waals surface area contributed by atoms with Crippen molar-refractivity contribution in [3.63, 3.8) is 0 Å². The molecule has 0 aliphatic rings. The number of aliphatic hydroxyl groups excluding tert-OH is 4. The number of rotatable bonds is 12. The number of ether oxygens (including phenoxy) is 2. The zero-order chi connectivity index (χ0) is 17.3. The summed E-state index contributed by atoms with van der Waals surface area (Å²) in [5.74, 6) is -0.462. The van der Waals surface area contributed by atoms with Crippen molar-refractivity contribution >= 4 is 7.92 Å². The second-order valence-electron chi connectivity index (χ2n) is 5.50. The molecule has 0 aliphatic carbocycles. The maximum absolute atomic E-state index is 9.78. The Kier molecular flexibility index (Phi) is 11.8. The van der Waals surface area contributed by atoms with Gasteiger partial charge in [-0.25, -0.2) is 0 Å². The molecular weight excluding hydrogens is 307 g/mol. The fraction of sp³-hybridized carbons (Fsp3) is 1.00. The van der Waals surface area contributed by atoms with E-state index in [9.17, 15) is 20.4 Å². The highest BCUT2D eigenvalue weighted by Crippen LogP contribution is 2.51. The molecule has 0 fully saturated rings. The van der Waals surface area contributed by atoms with Crippen molar-refractivity contribution in [2.75, 3.05) is 6.16 Å². The highest BCUT2D eigenvalue weighted by Gasteiger charge is 2.32. The van der Waals surface area contributed by atoms with Crippen molar-refractivity contribution in [1.82, 2.24) is 0 Å². The van der Waals surface area contributed by atoms with Gasteiger partial charge in [0, 0.05) is 0 Å². The van der Waals surface area contributed by atoms with Crippen LogP contribution in [-0.2, 0) is 9.47 Å². The first-order valence-electron chi connectivity index (χ1n) is 8.07. The monoisotopic (exact) mass is 340 g/mol. The zero-order valence-electron chi connectivity index (χ0n) is 14.3. The van der Waals surface area contributed by atoms with Crippen molar-refractivity contribution in [2.45, 2.75) is 90.4 Å². The van der Waals surface area contributed by atoms with Crippen LogP contribution in [0.25, 0.3) is 0 Å². The van der Waals surface area contributed by atoms with E-state index in [1.807, 2.05) is 13.8 Å². The lowest BCUT2D eigenvalue weighted by atomic mass is 10.4. The molecule has 0 aliphatic heterocycles. The van der Waals surface area contributed by atoms with Gasteiger partial charge in [-0.05, 0) is 40.8 Å². The molecule has 0 amide bonds. The van der Waals surface area contributed by atoms with Gasteiger partial charge < -0.3 is 29.9 Å². The van der Waals surface area contributed by atoms with Crippen LogP contribution in [0.2, 0.25) is 0 Å². The Morgan fingerprint density at radius 2 is 1.14 bits per heavy atom. The molecule has 0 radical (unpaired) electrons. The molecular formula is C15H33O6P. The number of hydrogen-bond donors (Lipinski definition) is 4. The second-order valence-corrected chi connectivity index (χ2v) is 8.13. The average molecular weight is 340 g/mol. The van der Waals surface area contributed by atoms with Gasteiger partial charge in [-0.1, -0.05) is 27.2 Å². The Morgan fingerprint density at radius 3 is 1.36 bits per heavy atom. The quantitative estimate of drug-likeness (QED) is 0.319. The van der Waals surface area contributed by atoms with Gasteiger partial charge in [-0.3, -0.25) is 0 Å². The van der Waals surface area contributed by atoms with E-state index in [1.54, 1.807) is 0 Å². The Hall–Kier alpha value is 0.190. The molecule has 4 N–H and O–H groups in total. The fourth-order valence-electron chi connectivity index (χ4n) is 2.10. The molecule has 0 bridgehead atoms. The predicted octanol–water partition coefficient (Wildman–Crippen LogP) is 1.78. The SMILES string of the molecule is CCCP(C(CC)OC(O)C(C)O)C(CC)OC(O)C(C)O. The molecule has 0 rings (SSSR count). The topological polar surface area (TPSA) is 99.4 Å². The van der Waals surface area contributed by atoms with Crippen LogP contribution in [0.1, 0.15) is 53.9 Å². The fourth-order valence-corrected chi connectivity index (χ4v) is 5.06. The van der Waals surface area contributed by atoms with Gasteiger partial charge in [0.1, 0.15) is 12.2 Å². The Bertz CT molecular complexity index is 253. The van der Waals surface area contributed by atoms with Crippen molar-refractivity contribution in [1.29, 1.82) is 0 Å². The normalized spacial score (nSPS) is 21.7. The van der Waals surface area contributed by atoms with Gasteiger partial charge >= 0.3 is 0 Å². The van der Waals surface area contributed by atoms with E-state index in [0.717, 1.165) is 12.6 Å². The van der Waals surface area contributed by atoms with Crippen LogP contribution in [0.3, 0.4) is 0 Å². The Balaban J connectivity index is 5.01. The first kappa shape index (κ1) is 22.2. The average Bonchev–Trinajstić information content (AvgIpc) is 2.47. The molecule has 6 atom stereocenters. The van der Waals surface area contributed by atoms with E-state index < -0.39 is 32.7 Å². The third-order valence-electron chi connectivity index (χ3n) is 3.34. The molecule has 0 aromatic rings. The van der Waals surface area contributed by atoms with Crippen molar-refractivity contribution in [2.24, 2.45) is 0 Å². The lowest BCUT2D eigenvalue weighted by Gasteiger charge is -2.36. The molecule has 6 unspecified atom stereocenters. The van der Waals surface area contributed by atoms with E-state index in [-0.39, 0.29) is 11.7 Å². The molecule has 0 saturated carbocycles. The molecule has 7 heteroatoms. The standard InChI is InChI=1S/C15H33O6P/c1-6-9-22(12(7-2)20-14(18)10(4)16)13(8-3)21-15(19)11(5)17/h10-19H,6-9H2,1-5H3. The number of aliphatic hydroxyl groups is 4. The van der Waals surface area contributed by atoms with Gasteiger partial charge in [0.05, 0.1) is 11.7 Å². The first-order chi connectivity index (χ1) is 10.3. The van der Waals surface area contributed by atoms with E-state index in [1.165, 1.54) is 13.8 Å². The summed E-state index contributed by atoms with van der Waals surface area (Å²) in [6.07, 6.45) is -1.22. The summed E-state index contributed by atoms with van der Waals surface area (Å²) >= 11 is 0. The number of hydrogen-bond acceptors (Lipinski definition) is 6. The molecule has 134 valence electrons. The van der Waals surface area contributed by atoms with E-state index in [2.05, 4.69) is 6.92 Å². The summed E-state index contributed by atoms with van der Waals surface area (Å²) < 4.78 is 11.2. The minimum Gasteiger partial charge on any atom is -0.388 e. The van der Waals surface area contributed by atoms with Gasteiger partial charge in [0.15, 0.2) is 12.6 Å². The van der Waals surface area contributed by atoms with Crippen LogP contribution in [0.4, 0.5) is 0 Å². The van der Waals surface area contributed by atoms with Crippen molar-refractivity contribution in [3.05, 3.63) is 0 Å². The molecule has 0 aromatic heterocycles. The minimum absolute atomic E-state index is 0.231. The van der Waals surface area contributed by atoms with Crippen LogP contribution in [0.5, 0.6) is 0 Å². The molecule has 22 heavy (non-hydrogen) atoms. The summed E-state index contributed by atoms with van der Waals surface area (Å²) in [5, 5.41) is 38.4. The summed E-state index contributed by atoms with van der Waals surface area (Å²) in [5.41, 5.74) is 0. The van der Waals surface area contributed by atoms with E-state index >= 15 is 0 Å². The summed E-state index contributed by atoms with van der Waals surface area (Å²) in [6.45, 7) is 8.93. The highest BCUT2D eigenvalue weighted by molar-refractivity contribution is 7.58. The summed E-state index contributed by atoms with van der Waals surface area (Å²) in [6, 6.07) is 0. The van der Waals surface area contributed by atoms with Gasteiger partial charge in [0.2, 0.25) is 0 Å². The van der Waals surface area contributed by atoms with Crippen LogP contribution in [0.15, 0.2) is 0 Å². The minimum atomic E-state index is -1.23. The maximum atomic E-state index is 9.78. The summed E-state index contributed by atoms with van der Waals surface area (Å²) in [4.78, 5) is 0. The Morgan fingerprint density at radius 1 is 0.773 bits per heavy atom. The van der Waals surface area contributed by atoms with Crippen molar-refractivity contribution < 1.29 is 29.9 Å². The molecule has 0 saturated heterocycles.